The van der Waals surface area contributed by atoms with E-state index in [2.05, 4.69) is 26.2 Å². The van der Waals surface area contributed by atoms with Crippen molar-refractivity contribution in [1.29, 1.82) is 0 Å². The third kappa shape index (κ3) is 3.18. The van der Waals surface area contributed by atoms with E-state index in [0.29, 0.717) is 10.0 Å². The number of aromatic nitrogens is 1. The molecule has 3 nitrogen and oxygen atoms in total. The highest BCUT2D eigenvalue weighted by Crippen LogP contribution is 2.32. The third-order valence-corrected chi connectivity index (χ3v) is 4.72. The molecule has 0 aliphatic carbocycles. The predicted octanol–water partition coefficient (Wildman–Crippen LogP) is 5.09. The topological polar surface area (TPSA) is 50.9 Å². The minimum Gasteiger partial charge on any atom is -0.389 e. The van der Waals surface area contributed by atoms with Gasteiger partial charge < -0.3 is 11.1 Å². The Morgan fingerprint density at radius 2 is 2.10 bits per heavy atom. The molecule has 21 heavy (non-hydrogen) atoms. The number of hydrogen-bond acceptors (Lipinski definition) is 4. The zero-order chi connectivity index (χ0) is 15.0. The lowest BCUT2D eigenvalue weighted by atomic mass is 10.2. The van der Waals surface area contributed by atoms with Gasteiger partial charge in [0.25, 0.3) is 0 Å². The van der Waals surface area contributed by atoms with E-state index in [1.165, 1.54) is 11.3 Å². The second-order valence-electron chi connectivity index (χ2n) is 4.31. The van der Waals surface area contributed by atoms with E-state index in [9.17, 15) is 0 Å². The Labute approximate surface area is 144 Å². The van der Waals surface area contributed by atoms with Crippen molar-refractivity contribution in [1.82, 2.24) is 4.98 Å². The Hall–Kier alpha value is -1.21. The second kappa shape index (κ2) is 5.88. The molecule has 3 aromatic rings. The van der Waals surface area contributed by atoms with Gasteiger partial charge in [0.05, 0.1) is 15.9 Å². The predicted molar refractivity (Wildman–Crippen MR) is 97.9 cm³/mol. The van der Waals surface area contributed by atoms with Crippen molar-refractivity contribution < 1.29 is 0 Å². The van der Waals surface area contributed by atoms with Gasteiger partial charge in [-0.25, -0.2) is 4.98 Å². The van der Waals surface area contributed by atoms with Crippen LogP contribution in [-0.4, -0.2) is 9.97 Å². The van der Waals surface area contributed by atoms with E-state index in [-0.39, 0.29) is 0 Å². The van der Waals surface area contributed by atoms with Gasteiger partial charge in [-0.15, -0.1) is 0 Å². The molecule has 106 valence electrons. The maximum atomic E-state index is 5.99. The fourth-order valence-electron chi connectivity index (χ4n) is 1.90. The lowest BCUT2D eigenvalue weighted by molar-refractivity contribution is 1.43. The number of nitrogens with zero attached hydrogens (tertiary/aromatic N) is 1. The third-order valence-electron chi connectivity index (χ3n) is 2.84. The van der Waals surface area contributed by atoms with Crippen LogP contribution in [0.5, 0.6) is 0 Å². The summed E-state index contributed by atoms with van der Waals surface area (Å²) >= 11 is 16.0. The number of nitrogens with one attached hydrogen (secondary N) is 1. The van der Waals surface area contributed by atoms with Crippen LogP contribution in [0.4, 0.5) is 10.8 Å². The monoisotopic (exact) mass is 397 g/mol. The molecule has 1 aromatic heterocycles. The molecule has 0 saturated heterocycles. The highest BCUT2D eigenvalue weighted by molar-refractivity contribution is 9.10. The number of thiazole rings is 1. The number of benzene rings is 2. The van der Waals surface area contributed by atoms with Crippen LogP contribution in [0.25, 0.3) is 10.2 Å². The molecule has 7 heteroatoms. The van der Waals surface area contributed by atoms with E-state index in [4.69, 9.17) is 29.6 Å². The van der Waals surface area contributed by atoms with Gasteiger partial charge >= 0.3 is 0 Å². The minimum absolute atomic E-state index is 0.342. The van der Waals surface area contributed by atoms with Crippen LogP contribution in [0.1, 0.15) is 5.56 Å². The second-order valence-corrected chi connectivity index (χ2v) is 7.13. The number of halogens is 2. The Morgan fingerprint density at radius 1 is 1.29 bits per heavy atom. The molecule has 0 spiro atoms. The molecule has 0 aliphatic heterocycles. The smallest absolute Gasteiger partial charge is 0.188 e. The Balaban J connectivity index is 2.02. The molecule has 0 amide bonds. The molecular weight excluding hydrogens is 390 g/mol. The molecule has 0 fully saturated rings. The fraction of sp³-hybridized carbons (Fsp3) is 0. The molecule has 0 saturated carbocycles. The molecule has 0 radical (unpaired) electrons. The van der Waals surface area contributed by atoms with Crippen LogP contribution in [0.2, 0.25) is 5.02 Å². The van der Waals surface area contributed by atoms with E-state index >= 15 is 0 Å². The number of fused-ring (bicyclic) bond motifs is 1. The Morgan fingerprint density at radius 3 is 2.86 bits per heavy atom. The number of anilines is 2. The highest BCUT2D eigenvalue weighted by atomic mass is 79.9. The number of nitrogens with two attached hydrogens (primary N) is 1. The molecule has 0 bridgehead atoms. The van der Waals surface area contributed by atoms with E-state index in [1.807, 2.05) is 36.4 Å². The zero-order valence-corrected chi connectivity index (χ0v) is 14.5. The summed E-state index contributed by atoms with van der Waals surface area (Å²) in [4.78, 5) is 4.87. The van der Waals surface area contributed by atoms with Crippen LogP contribution in [0.3, 0.4) is 0 Å². The van der Waals surface area contributed by atoms with Crippen molar-refractivity contribution in [2.24, 2.45) is 5.73 Å². The lowest BCUT2D eigenvalue weighted by Crippen LogP contribution is -2.11. The zero-order valence-electron chi connectivity index (χ0n) is 10.6. The molecule has 0 aliphatic rings. The van der Waals surface area contributed by atoms with Gasteiger partial charge in [-0.05, 0) is 36.4 Å². The first-order chi connectivity index (χ1) is 10.0. The number of thiocarbonyl (C=S) groups is 1. The first kappa shape index (κ1) is 14.7. The van der Waals surface area contributed by atoms with Gasteiger partial charge in [0.1, 0.15) is 4.99 Å². The maximum Gasteiger partial charge on any atom is 0.188 e. The van der Waals surface area contributed by atoms with Crippen LogP contribution in [0, 0.1) is 0 Å². The van der Waals surface area contributed by atoms with E-state index < -0.39 is 0 Å². The van der Waals surface area contributed by atoms with Crippen LogP contribution >= 0.6 is 51.1 Å². The van der Waals surface area contributed by atoms with E-state index in [0.717, 1.165) is 31.1 Å². The summed E-state index contributed by atoms with van der Waals surface area (Å²) in [7, 11) is 0. The maximum absolute atomic E-state index is 5.99. The summed E-state index contributed by atoms with van der Waals surface area (Å²) in [5.41, 5.74) is 8.26. The molecule has 0 atom stereocenters. The molecule has 3 rings (SSSR count). The van der Waals surface area contributed by atoms with Gasteiger partial charge in [-0.1, -0.05) is 51.1 Å². The number of rotatable bonds is 3. The van der Waals surface area contributed by atoms with Gasteiger partial charge in [-0.3, -0.25) is 0 Å². The molecule has 1 heterocycles. The van der Waals surface area contributed by atoms with Crippen LogP contribution in [0.15, 0.2) is 40.9 Å². The fourth-order valence-corrected chi connectivity index (χ4v) is 3.60. The Bertz CT molecular complexity index is 847. The average Bonchev–Trinajstić information content (AvgIpc) is 2.79. The largest absolute Gasteiger partial charge is 0.389 e. The van der Waals surface area contributed by atoms with Gasteiger partial charge in [0.15, 0.2) is 5.13 Å². The van der Waals surface area contributed by atoms with Gasteiger partial charge in [0.2, 0.25) is 0 Å². The summed E-state index contributed by atoms with van der Waals surface area (Å²) in [6.45, 7) is 0. The first-order valence-corrected chi connectivity index (χ1v) is 8.35. The standard InChI is InChI=1S/C14H9BrClN3S2/c15-7-1-3-9(13(17)20)11(5-7)19-14-18-10-4-2-8(16)6-12(10)21-14/h1-6H,(H2,17,20)(H,18,19). The summed E-state index contributed by atoms with van der Waals surface area (Å²) < 4.78 is 1.96. The van der Waals surface area contributed by atoms with Crippen molar-refractivity contribution in [2.45, 2.75) is 0 Å². The average molecular weight is 399 g/mol. The quantitative estimate of drug-likeness (QED) is 0.603. The molecule has 2 aromatic carbocycles. The summed E-state index contributed by atoms with van der Waals surface area (Å²) in [5, 5.41) is 4.74. The van der Waals surface area contributed by atoms with Crippen molar-refractivity contribution >= 4 is 77.1 Å². The van der Waals surface area contributed by atoms with Crippen LogP contribution in [-0.2, 0) is 0 Å². The molecule has 3 N–H and O–H groups in total. The van der Waals surface area contributed by atoms with Crippen molar-refractivity contribution in [3.05, 3.63) is 51.5 Å². The van der Waals surface area contributed by atoms with Gasteiger partial charge in [-0.2, -0.15) is 0 Å². The van der Waals surface area contributed by atoms with Crippen molar-refractivity contribution in [3.8, 4) is 0 Å². The van der Waals surface area contributed by atoms with Crippen LogP contribution < -0.4 is 11.1 Å². The normalized spacial score (nSPS) is 10.8. The SMILES string of the molecule is NC(=S)c1ccc(Br)cc1Nc1nc2ccc(Cl)cc2s1. The van der Waals surface area contributed by atoms with Crippen molar-refractivity contribution in [2.75, 3.05) is 5.32 Å². The van der Waals surface area contributed by atoms with Gasteiger partial charge in [0, 0.05) is 15.1 Å². The first-order valence-electron chi connectivity index (χ1n) is 5.95. The Kier molecular flexibility index (Phi) is 4.12. The lowest BCUT2D eigenvalue weighted by Gasteiger charge is -2.09. The summed E-state index contributed by atoms with van der Waals surface area (Å²) in [6, 6.07) is 11.3. The summed E-state index contributed by atoms with van der Waals surface area (Å²) in [6.07, 6.45) is 0. The molecular formula is C14H9BrClN3S2. The summed E-state index contributed by atoms with van der Waals surface area (Å²) in [5.74, 6) is 0. The minimum atomic E-state index is 0.342. The van der Waals surface area contributed by atoms with Crippen molar-refractivity contribution in [3.63, 3.8) is 0 Å². The highest BCUT2D eigenvalue weighted by Gasteiger charge is 2.09. The molecule has 0 unspecified atom stereocenters. The van der Waals surface area contributed by atoms with E-state index in [1.54, 1.807) is 0 Å². The number of hydrogen-bond donors (Lipinski definition) is 2.